The average molecular weight is 406 g/mol. The van der Waals surface area contributed by atoms with Crippen LogP contribution in [0.2, 0.25) is 0 Å². The van der Waals surface area contributed by atoms with Crippen molar-refractivity contribution in [2.24, 2.45) is 0 Å². The van der Waals surface area contributed by atoms with Gasteiger partial charge in [-0.15, -0.1) is 0 Å². The number of para-hydroxylation sites is 1. The highest BCUT2D eigenvalue weighted by atomic mass is 32.2. The summed E-state index contributed by atoms with van der Waals surface area (Å²) in [6, 6.07) is 7.62. The van der Waals surface area contributed by atoms with Gasteiger partial charge in [0, 0.05) is 6.92 Å². The number of esters is 1. The van der Waals surface area contributed by atoms with E-state index in [-0.39, 0.29) is 18.1 Å². The van der Waals surface area contributed by atoms with Crippen LogP contribution in [0.5, 0.6) is 5.75 Å². The summed E-state index contributed by atoms with van der Waals surface area (Å²) in [5.41, 5.74) is 0.350. The van der Waals surface area contributed by atoms with E-state index < -0.39 is 28.8 Å². The lowest BCUT2D eigenvalue weighted by Crippen LogP contribution is -2.74. The van der Waals surface area contributed by atoms with Crippen LogP contribution in [0, 0.1) is 0 Å². The molecule has 0 radical (unpaired) electrons. The van der Waals surface area contributed by atoms with E-state index in [4.69, 9.17) is 9.47 Å². The molecule has 0 bridgehead atoms. The van der Waals surface area contributed by atoms with Crippen LogP contribution in [-0.2, 0) is 23.9 Å². The fourth-order valence-corrected chi connectivity index (χ4v) is 3.99. The highest BCUT2D eigenvalue weighted by Gasteiger charge is 2.58. The Labute approximate surface area is 167 Å². The topological polar surface area (TPSA) is 102 Å². The second kappa shape index (κ2) is 8.92. The van der Waals surface area contributed by atoms with E-state index in [9.17, 15) is 19.2 Å². The number of thioether (sulfide) groups is 1. The number of ether oxygens (including phenoxy) is 2. The summed E-state index contributed by atoms with van der Waals surface area (Å²) < 4.78 is 10.2. The summed E-state index contributed by atoms with van der Waals surface area (Å²) >= 11 is 0.754. The summed E-state index contributed by atoms with van der Waals surface area (Å²) in [5.74, 6) is -1.15. The number of likely N-dealkylation sites (tertiary alicyclic amines) is 1. The molecular weight excluding hydrogens is 384 g/mol. The van der Waals surface area contributed by atoms with Crippen LogP contribution in [0.4, 0.5) is 0 Å². The molecule has 0 aliphatic carbocycles. The lowest BCUT2D eigenvalue weighted by molar-refractivity contribution is -0.167. The van der Waals surface area contributed by atoms with Crippen molar-refractivity contribution in [3.8, 4) is 5.75 Å². The highest BCUT2D eigenvalue weighted by Crippen LogP contribution is 2.43. The third-order valence-electron chi connectivity index (χ3n) is 3.96. The summed E-state index contributed by atoms with van der Waals surface area (Å²) in [6.45, 7) is 6.30. The molecule has 1 aromatic carbocycles. The van der Waals surface area contributed by atoms with Gasteiger partial charge in [-0.2, -0.15) is 0 Å². The van der Waals surface area contributed by atoms with Crippen molar-refractivity contribution in [2.75, 3.05) is 13.7 Å². The second-order valence-corrected chi connectivity index (χ2v) is 7.69. The maximum absolute atomic E-state index is 12.5. The van der Waals surface area contributed by atoms with Gasteiger partial charge >= 0.3 is 5.97 Å². The zero-order chi connectivity index (χ0) is 20.9. The number of hydrogen-bond donors (Lipinski definition) is 1. The van der Waals surface area contributed by atoms with Gasteiger partial charge in [0.05, 0.1) is 13.5 Å². The summed E-state index contributed by atoms with van der Waals surface area (Å²) in [5, 5.41) is 2.33. The van der Waals surface area contributed by atoms with Crippen LogP contribution >= 0.6 is 11.8 Å². The quantitative estimate of drug-likeness (QED) is 0.302. The number of hydrogen-bond acceptors (Lipinski definition) is 7. The van der Waals surface area contributed by atoms with E-state index in [1.807, 2.05) is 6.07 Å². The first-order valence-corrected chi connectivity index (χ1v) is 9.25. The van der Waals surface area contributed by atoms with Crippen molar-refractivity contribution in [1.82, 2.24) is 10.2 Å². The molecule has 2 rings (SSSR count). The van der Waals surface area contributed by atoms with E-state index in [0.717, 1.165) is 16.7 Å². The Morgan fingerprint density at radius 1 is 1.29 bits per heavy atom. The zero-order valence-electron chi connectivity index (χ0n) is 15.9. The second-order valence-electron chi connectivity index (χ2n) is 6.24. The van der Waals surface area contributed by atoms with Gasteiger partial charge in [0.15, 0.2) is 22.8 Å². The van der Waals surface area contributed by atoms with Crippen LogP contribution in [-0.4, -0.2) is 52.6 Å². The summed E-state index contributed by atoms with van der Waals surface area (Å²) in [4.78, 5) is 48.5. The van der Waals surface area contributed by atoms with Crippen molar-refractivity contribution < 1.29 is 28.7 Å². The van der Waals surface area contributed by atoms with Crippen molar-refractivity contribution in [2.45, 2.75) is 31.3 Å². The molecule has 2 amide bonds. The number of carbonyl (C=O) groups excluding carboxylic acids is 4. The largest absolute Gasteiger partial charge is 0.484 e. The Morgan fingerprint density at radius 3 is 2.43 bits per heavy atom. The number of nitrogens with zero attached hydrogens (tertiary/aromatic N) is 1. The summed E-state index contributed by atoms with van der Waals surface area (Å²) in [6.07, 6.45) is -0.144. The van der Waals surface area contributed by atoms with E-state index in [0.29, 0.717) is 11.3 Å². The molecule has 0 saturated carbocycles. The van der Waals surface area contributed by atoms with Gasteiger partial charge in [-0.1, -0.05) is 24.8 Å². The lowest BCUT2D eigenvalue weighted by atomic mass is 9.99. The third kappa shape index (κ3) is 4.72. The minimum absolute atomic E-state index is 0.144. The Hall–Kier alpha value is -2.81. The molecule has 1 saturated heterocycles. The first-order chi connectivity index (χ1) is 13.2. The number of benzene rings is 1. The van der Waals surface area contributed by atoms with Gasteiger partial charge in [0.1, 0.15) is 5.75 Å². The van der Waals surface area contributed by atoms with Crippen LogP contribution in [0.3, 0.4) is 0 Å². The van der Waals surface area contributed by atoms with Crippen molar-refractivity contribution in [3.63, 3.8) is 0 Å². The van der Waals surface area contributed by atoms with E-state index >= 15 is 0 Å². The van der Waals surface area contributed by atoms with E-state index in [2.05, 4.69) is 11.9 Å². The zero-order valence-corrected chi connectivity index (χ0v) is 16.7. The molecule has 28 heavy (non-hydrogen) atoms. The first-order valence-electron chi connectivity index (χ1n) is 8.44. The molecule has 1 heterocycles. The fourth-order valence-electron chi connectivity index (χ4n) is 2.85. The smallest absolute Gasteiger partial charge is 0.333 e. The molecule has 9 heteroatoms. The molecule has 1 N–H and O–H groups in total. The van der Waals surface area contributed by atoms with Crippen LogP contribution < -0.4 is 10.1 Å². The number of rotatable bonds is 8. The number of nitrogens with one attached hydrogen (secondary N) is 1. The molecule has 1 fully saturated rings. The van der Waals surface area contributed by atoms with Crippen LogP contribution in [0.25, 0.3) is 0 Å². The molecule has 1 aromatic rings. The lowest BCUT2D eigenvalue weighted by Gasteiger charge is -2.53. The predicted octanol–water partition coefficient (Wildman–Crippen LogP) is 1.47. The summed E-state index contributed by atoms with van der Waals surface area (Å²) in [7, 11) is 1.19. The third-order valence-corrected chi connectivity index (χ3v) is 5.03. The molecule has 8 nitrogen and oxygen atoms in total. The number of methoxy groups -OCH3 is 1. The van der Waals surface area contributed by atoms with Gasteiger partial charge < -0.3 is 14.8 Å². The molecule has 1 aliphatic heterocycles. The molecule has 1 aliphatic rings. The molecule has 0 aromatic heterocycles. The standard InChI is InChI=1S/C19H22N2O6S/c1-12(2)17(18(25)26-4)21-16(24)10-19(21,28-13(3)22)20-15(23)11-27-14-8-6-5-7-9-14/h5-9,17H,1,10-11H2,2-4H3,(H,20,23)/t17?,19-/m0/s1. The number of β-lactam (4-membered cyclic amide) rings is 1. The molecule has 2 atom stereocenters. The molecular formula is C19H22N2O6S. The van der Waals surface area contributed by atoms with Gasteiger partial charge in [-0.25, -0.2) is 4.79 Å². The van der Waals surface area contributed by atoms with Crippen molar-refractivity contribution >= 4 is 34.7 Å². The molecule has 150 valence electrons. The minimum atomic E-state index is -1.40. The van der Waals surface area contributed by atoms with Crippen molar-refractivity contribution in [1.29, 1.82) is 0 Å². The van der Waals surface area contributed by atoms with Crippen LogP contribution in [0.1, 0.15) is 20.3 Å². The minimum Gasteiger partial charge on any atom is -0.484 e. The van der Waals surface area contributed by atoms with Crippen LogP contribution in [0.15, 0.2) is 42.5 Å². The van der Waals surface area contributed by atoms with Gasteiger partial charge in [0.25, 0.3) is 5.91 Å². The molecule has 1 unspecified atom stereocenters. The Morgan fingerprint density at radius 2 is 1.93 bits per heavy atom. The monoisotopic (exact) mass is 406 g/mol. The highest BCUT2D eigenvalue weighted by molar-refractivity contribution is 8.14. The fraction of sp³-hybridized carbons (Fsp3) is 0.368. The Balaban J connectivity index is 2.21. The number of amides is 2. The Bertz CT molecular complexity index is 797. The maximum atomic E-state index is 12.5. The van der Waals surface area contributed by atoms with Gasteiger partial charge in [-0.3, -0.25) is 19.3 Å². The predicted molar refractivity (Wildman–Crippen MR) is 103 cm³/mol. The van der Waals surface area contributed by atoms with Crippen molar-refractivity contribution in [3.05, 3.63) is 42.5 Å². The first kappa shape index (κ1) is 21.5. The number of carbonyl (C=O) groups is 4. The molecule has 0 spiro atoms. The van der Waals surface area contributed by atoms with E-state index in [1.54, 1.807) is 31.2 Å². The average Bonchev–Trinajstić information content (AvgIpc) is 2.63. The van der Waals surface area contributed by atoms with Gasteiger partial charge in [0.2, 0.25) is 5.91 Å². The van der Waals surface area contributed by atoms with Gasteiger partial charge in [-0.05, 0) is 36.4 Å². The SMILES string of the molecule is C=C(C)C(C(=O)OC)N1C(=O)C[C@@]1(NC(=O)COc1ccccc1)SC(C)=O. The Kier molecular flexibility index (Phi) is 6.85. The maximum Gasteiger partial charge on any atom is 0.333 e. The van der Waals surface area contributed by atoms with E-state index in [1.165, 1.54) is 14.0 Å². The normalized spacial score (nSPS) is 19.2.